The quantitative estimate of drug-likeness (QED) is 0.440. The molecule has 1 N–H and O–H groups in total. The molecule has 8 nitrogen and oxygen atoms in total. The van der Waals surface area contributed by atoms with Crippen molar-refractivity contribution in [3.05, 3.63) is 52.0 Å². The Labute approximate surface area is 224 Å². The van der Waals surface area contributed by atoms with Gasteiger partial charge in [0.15, 0.2) is 6.04 Å². The van der Waals surface area contributed by atoms with Crippen LogP contribution in [0.3, 0.4) is 0 Å². The molecule has 0 aromatic carbocycles. The van der Waals surface area contributed by atoms with E-state index in [-0.39, 0.29) is 45.6 Å². The number of carbonyl (C=O) groups is 2. The maximum Gasteiger partial charge on any atom is 0.331 e. The zero-order valence-electron chi connectivity index (χ0n) is 20.1. The molecule has 0 bridgehead atoms. The highest BCUT2D eigenvalue weighted by Gasteiger charge is 2.52. The molecule has 36 heavy (non-hydrogen) atoms. The Bertz CT molecular complexity index is 1120. The summed E-state index contributed by atoms with van der Waals surface area (Å²) < 4.78 is 11.6. The summed E-state index contributed by atoms with van der Waals surface area (Å²) in [4.78, 5) is 38.7. The lowest BCUT2D eigenvalue weighted by molar-refractivity contribution is -0.144. The Balaban J connectivity index is 1.51. The van der Waals surface area contributed by atoms with E-state index in [0.29, 0.717) is 11.4 Å². The van der Waals surface area contributed by atoms with E-state index in [9.17, 15) is 9.59 Å². The Morgan fingerprint density at radius 1 is 1.22 bits per heavy atom. The third-order valence-electron chi connectivity index (χ3n) is 6.32. The third-order valence-corrected chi connectivity index (χ3v) is 7.64. The van der Waals surface area contributed by atoms with Gasteiger partial charge < -0.3 is 14.8 Å². The number of nitrogens with zero attached hydrogens (tertiary/aromatic N) is 3. The van der Waals surface area contributed by atoms with Crippen LogP contribution in [0.1, 0.15) is 55.1 Å². The summed E-state index contributed by atoms with van der Waals surface area (Å²) in [6.45, 7) is 2.05. The summed E-state index contributed by atoms with van der Waals surface area (Å²) in [6.07, 6.45) is 11.7. The van der Waals surface area contributed by atoms with Gasteiger partial charge in [0.05, 0.1) is 39.8 Å². The molecule has 192 valence electrons. The Kier molecular flexibility index (Phi) is 8.87. The van der Waals surface area contributed by atoms with Crippen LogP contribution in [0.4, 0.5) is 5.69 Å². The van der Waals surface area contributed by atoms with Crippen molar-refractivity contribution in [1.29, 1.82) is 0 Å². The van der Waals surface area contributed by atoms with Crippen molar-refractivity contribution in [3.8, 4) is 0 Å². The van der Waals surface area contributed by atoms with Gasteiger partial charge in [-0.3, -0.25) is 19.8 Å². The second-order valence-electron chi connectivity index (χ2n) is 8.70. The first-order valence-electron chi connectivity index (χ1n) is 11.9. The van der Waals surface area contributed by atoms with Crippen LogP contribution in [0.2, 0.25) is 10.0 Å². The van der Waals surface area contributed by atoms with Crippen molar-refractivity contribution in [3.63, 3.8) is 0 Å². The number of rotatable bonds is 8. The highest BCUT2D eigenvalue weighted by Crippen LogP contribution is 2.45. The molecule has 2 fully saturated rings. The van der Waals surface area contributed by atoms with E-state index in [1.165, 1.54) is 25.0 Å². The van der Waals surface area contributed by atoms with E-state index in [2.05, 4.69) is 15.3 Å². The number of esters is 1. The number of anilines is 1. The SMILES string of the molecule is CCOC(=O)[C@H](Cc1ccc(NC(=O)c2c(Cl)cncc2Cl)cn1)N=C1C(SC)OC12CCCCC2. The predicted octanol–water partition coefficient (Wildman–Crippen LogP) is 5.37. The number of aromatic nitrogens is 2. The molecular weight excluding hydrogens is 523 g/mol. The number of carbonyl (C=O) groups excluding carboxylic acids is 2. The van der Waals surface area contributed by atoms with Crippen LogP contribution in [-0.4, -0.2) is 57.5 Å². The third kappa shape index (κ3) is 5.85. The van der Waals surface area contributed by atoms with Gasteiger partial charge in [-0.25, -0.2) is 4.79 Å². The number of hydrogen-bond donors (Lipinski definition) is 1. The Morgan fingerprint density at radius 3 is 2.56 bits per heavy atom. The molecule has 3 heterocycles. The number of ether oxygens (including phenoxy) is 2. The highest BCUT2D eigenvalue weighted by atomic mass is 35.5. The van der Waals surface area contributed by atoms with Crippen molar-refractivity contribution in [2.45, 2.75) is 62.5 Å². The van der Waals surface area contributed by atoms with E-state index in [4.69, 9.17) is 37.7 Å². The summed E-state index contributed by atoms with van der Waals surface area (Å²) in [5.74, 6) is -0.854. The van der Waals surface area contributed by atoms with Crippen molar-refractivity contribution in [2.75, 3.05) is 18.2 Å². The molecule has 0 radical (unpaired) electrons. The van der Waals surface area contributed by atoms with Crippen molar-refractivity contribution < 1.29 is 19.1 Å². The number of aliphatic imine (C=N–C) groups is 1. The number of halogens is 2. The van der Waals surface area contributed by atoms with E-state index in [1.807, 2.05) is 6.26 Å². The largest absolute Gasteiger partial charge is 0.464 e. The van der Waals surface area contributed by atoms with Gasteiger partial charge in [-0.05, 0) is 38.2 Å². The number of hydrogen-bond acceptors (Lipinski definition) is 8. The lowest BCUT2D eigenvalue weighted by atomic mass is 9.77. The maximum atomic E-state index is 12.8. The smallest absolute Gasteiger partial charge is 0.331 e. The van der Waals surface area contributed by atoms with Crippen LogP contribution >= 0.6 is 35.0 Å². The van der Waals surface area contributed by atoms with Crippen LogP contribution in [0.25, 0.3) is 0 Å². The van der Waals surface area contributed by atoms with Crippen LogP contribution in [0.5, 0.6) is 0 Å². The Hall–Kier alpha value is -2.20. The second-order valence-corrected chi connectivity index (χ2v) is 10.4. The first kappa shape index (κ1) is 26.9. The molecule has 11 heteroatoms. The van der Waals surface area contributed by atoms with Crippen LogP contribution in [0.15, 0.2) is 35.7 Å². The average molecular weight is 551 g/mol. The molecule has 2 aromatic rings. The summed E-state index contributed by atoms with van der Waals surface area (Å²) in [7, 11) is 0. The summed E-state index contributed by atoms with van der Waals surface area (Å²) >= 11 is 13.7. The van der Waals surface area contributed by atoms with Gasteiger partial charge in [0, 0.05) is 24.5 Å². The fourth-order valence-electron chi connectivity index (χ4n) is 4.54. The maximum absolute atomic E-state index is 12.8. The molecule has 1 spiro atoms. The van der Waals surface area contributed by atoms with Gasteiger partial charge in [-0.1, -0.05) is 42.5 Å². The molecule has 2 atom stereocenters. The minimum atomic E-state index is -0.723. The second kappa shape index (κ2) is 11.9. The van der Waals surface area contributed by atoms with Crippen molar-refractivity contribution in [1.82, 2.24) is 9.97 Å². The monoisotopic (exact) mass is 550 g/mol. The van der Waals surface area contributed by atoms with Crippen molar-refractivity contribution >= 4 is 58.2 Å². The molecule has 1 unspecified atom stereocenters. The molecule has 1 aliphatic heterocycles. The van der Waals surface area contributed by atoms with Gasteiger partial charge in [0.25, 0.3) is 5.91 Å². The van der Waals surface area contributed by atoms with E-state index < -0.39 is 11.9 Å². The molecule has 1 amide bonds. The minimum Gasteiger partial charge on any atom is -0.464 e. The standard InChI is InChI=1S/C25H28Cl2N4O4S/c1-3-34-23(33)19(31-21-24(36-2)35-25(21)9-5-4-6-10-25)11-15-7-8-16(12-29-15)30-22(32)20-17(26)13-28-14-18(20)27/h7-8,12-14,19,24H,3-6,9-11H2,1-2H3,(H,30,32)/t19-,24?/m0/s1. The zero-order chi connectivity index (χ0) is 25.7. The zero-order valence-corrected chi connectivity index (χ0v) is 22.5. The molecule has 2 aliphatic rings. The normalized spacial score (nSPS) is 20.6. The molecule has 1 saturated heterocycles. The van der Waals surface area contributed by atoms with Gasteiger partial charge >= 0.3 is 5.97 Å². The first-order chi connectivity index (χ1) is 17.4. The summed E-state index contributed by atoms with van der Waals surface area (Å²) in [6, 6.07) is 2.73. The number of thioether (sulfide) groups is 1. The van der Waals surface area contributed by atoms with Gasteiger partial charge in [0.2, 0.25) is 0 Å². The van der Waals surface area contributed by atoms with Crippen LogP contribution < -0.4 is 5.32 Å². The van der Waals surface area contributed by atoms with E-state index >= 15 is 0 Å². The van der Waals surface area contributed by atoms with Crippen molar-refractivity contribution in [2.24, 2.45) is 4.99 Å². The first-order valence-corrected chi connectivity index (χ1v) is 13.9. The van der Waals surface area contributed by atoms with Gasteiger partial charge in [-0.15, -0.1) is 11.8 Å². The molecule has 1 saturated carbocycles. The minimum absolute atomic E-state index is 0.137. The fraction of sp³-hybridized carbons (Fsp3) is 0.480. The fourth-order valence-corrected chi connectivity index (χ4v) is 5.86. The Morgan fingerprint density at radius 2 is 1.94 bits per heavy atom. The number of amides is 1. The topological polar surface area (TPSA) is 103 Å². The number of pyridine rings is 2. The lowest BCUT2D eigenvalue weighted by Crippen LogP contribution is -2.61. The van der Waals surface area contributed by atoms with Gasteiger partial charge in [-0.2, -0.15) is 0 Å². The summed E-state index contributed by atoms with van der Waals surface area (Å²) in [5.41, 5.74) is 1.70. The predicted molar refractivity (Wildman–Crippen MR) is 142 cm³/mol. The van der Waals surface area contributed by atoms with E-state index in [1.54, 1.807) is 30.8 Å². The molecule has 4 rings (SSSR count). The summed E-state index contributed by atoms with van der Waals surface area (Å²) in [5, 5.41) is 3.04. The molecule has 1 aliphatic carbocycles. The highest BCUT2D eigenvalue weighted by molar-refractivity contribution is 7.99. The van der Waals surface area contributed by atoms with Crippen LogP contribution in [-0.2, 0) is 20.7 Å². The van der Waals surface area contributed by atoms with Gasteiger partial charge in [0.1, 0.15) is 11.0 Å². The molecule has 2 aromatic heterocycles. The van der Waals surface area contributed by atoms with E-state index in [0.717, 1.165) is 31.4 Å². The number of nitrogens with one attached hydrogen (secondary N) is 1. The molecular formula is C25H28Cl2N4O4S. The average Bonchev–Trinajstić information content (AvgIpc) is 2.86. The van der Waals surface area contributed by atoms with Crippen LogP contribution in [0, 0.1) is 0 Å². The lowest BCUT2D eigenvalue weighted by Gasteiger charge is -2.51.